The van der Waals surface area contributed by atoms with Crippen molar-refractivity contribution in [2.45, 2.75) is 24.3 Å². The summed E-state index contributed by atoms with van der Waals surface area (Å²) in [6.45, 7) is 2.13. The number of hydrogen-bond acceptors (Lipinski definition) is 4. The summed E-state index contributed by atoms with van der Waals surface area (Å²) in [6, 6.07) is 16.2. The van der Waals surface area contributed by atoms with Gasteiger partial charge in [-0.15, -0.1) is 11.8 Å². The van der Waals surface area contributed by atoms with Gasteiger partial charge in [0.2, 0.25) is 5.91 Å². The molecule has 1 unspecified atom stereocenters. The monoisotopic (exact) mass is 330 g/mol. The number of nitrogens with two attached hydrogens (primary N) is 1. The van der Waals surface area contributed by atoms with E-state index >= 15 is 0 Å². The molecule has 0 heterocycles. The molecule has 2 rings (SSSR count). The Hall–Kier alpha value is -2.14. The molecule has 0 aromatic heterocycles. The highest BCUT2D eigenvalue weighted by molar-refractivity contribution is 8.00. The summed E-state index contributed by atoms with van der Waals surface area (Å²) in [6.07, 6.45) is 0.846. The summed E-state index contributed by atoms with van der Waals surface area (Å²) in [4.78, 5) is 12.0. The number of amides is 1. The van der Waals surface area contributed by atoms with Gasteiger partial charge < -0.3 is 15.8 Å². The summed E-state index contributed by atoms with van der Waals surface area (Å²) in [7, 11) is 1.69. The highest BCUT2D eigenvalue weighted by Gasteiger charge is 2.10. The van der Waals surface area contributed by atoms with Gasteiger partial charge in [-0.1, -0.05) is 30.3 Å². The summed E-state index contributed by atoms with van der Waals surface area (Å²) >= 11 is 1.45. The van der Waals surface area contributed by atoms with Gasteiger partial charge >= 0.3 is 0 Å². The minimum atomic E-state index is -0.313. The highest BCUT2D eigenvalue weighted by atomic mass is 32.2. The quantitative estimate of drug-likeness (QED) is 0.729. The number of hydrogen-bond donors (Lipinski definition) is 2. The van der Waals surface area contributed by atoms with Gasteiger partial charge in [0.15, 0.2) is 0 Å². The van der Waals surface area contributed by atoms with E-state index in [-0.39, 0.29) is 17.7 Å². The highest BCUT2D eigenvalue weighted by Crippen LogP contribution is 2.28. The van der Waals surface area contributed by atoms with Crippen LogP contribution < -0.4 is 15.8 Å². The Morgan fingerprint density at radius 3 is 2.65 bits per heavy atom. The van der Waals surface area contributed by atoms with E-state index < -0.39 is 0 Å². The molecule has 0 fully saturated rings. The predicted octanol–water partition coefficient (Wildman–Crippen LogP) is 3.32. The molecular formula is C18H22N2O2S. The fourth-order valence-electron chi connectivity index (χ4n) is 2.38. The maximum Gasteiger partial charge on any atom is 0.227 e. The Balaban J connectivity index is 2.05. The molecule has 5 heteroatoms. The normalized spacial score (nSPS) is 11.7. The first-order chi connectivity index (χ1) is 11.1. The van der Waals surface area contributed by atoms with Gasteiger partial charge in [-0.2, -0.15) is 0 Å². The van der Waals surface area contributed by atoms with Gasteiger partial charge in [-0.05, 0) is 37.1 Å². The van der Waals surface area contributed by atoms with Crippen molar-refractivity contribution in [1.29, 1.82) is 0 Å². The topological polar surface area (TPSA) is 64.3 Å². The van der Waals surface area contributed by atoms with E-state index in [0.717, 1.165) is 28.3 Å². The van der Waals surface area contributed by atoms with E-state index in [1.54, 1.807) is 7.11 Å². The Bertz CT molecular complexity index is 661. The molecule has 23 heavy (non-hydrogen) atoms. The molecule has 0 aliphatic rings. The van der Waals surface area contributed by atoms with Gasteiger partial charge in [-0.3, -0.25) is 4.79 Å². The van der Waals surface area contributed by atoms with Crippen LogP contribution >= 0.6 is 11.8 Å². The third-order valence-corrected chi connectivity index (χ3v) is 4.47. The third-order valence-electron chi connectivity index (χ3n) is 3.38. The van der Waals surface area contributed by atoms with Crippen molar-refractivity contribution in [3.05, 3.63) is 54.1 Å². The van der Waals surface area contributed by atoms with Crippen LogP contribution in [0, 0.1) is 0 Å². The maximum absolute atomic E-state index is 11.0. The number of anilines is 1. The van der Waals surface area contributed by atoms with Crippen molar-refractivity contribution in [1.82, 2.24) is 0 Å². The molecule has 3 N–H and O–H groups in total. The summed E-state index contributed by atoms with van der Waals surface area (Å²) in [5.74, 6) is 0.865. The second-order valence-electron chi connectivity index (χ2n) is 5.31. The van der Waals surface area contributed by atoms with E-state index in [1.165, 1.54) is 11.8 Å². The lowest BCUT2D eigenvalue weighted by Crippen LogP contribution is -2.19. The van der Waals surface area contributed by atoms with E-state index in [2.05, 4.69) is 18.3 Å². The number of rotatable bonds is 8. The number of thioether (sulfide) groups is 1. The van der Waals surface area contributed by atoms with Crippen LogP contribution in [0.1, 0.15) is 12.5 Å². The number of benzene rings is 2. The molecule has 0 bridgehead atoms. The number of carbonyl (C=O) groups is 1. The first kappa shape index (κ1) is 17.2. The first-order valence-electron chi connectivity index (χ1n) is 7.48. The lowest BCUT2D eigenvalue weighted by atomic mass is 10.1. The number of para-hydroxylation sites is 2. The van der Waals surface area contributed by atoms with Crippen molar-refractivity contribution in [3.63, 3.8) is 0 Å². The summed E-state index contributed by atoms with van der Waals surface area (Å²) in [5.41, 5.74) is 7.41. The Morgan fingerprint density at radius 1 is 1.22 bits per heavy atom. The lowest BCUT2D eigenvalue weighted by molar-refractivity contribution is -0.115. The van der Waals surface area contributed by atoms with Crippen molar-refractivity contribution in [2.24, 2.45) is 5.73 Å². The lowest BCUT2D eigenvalue weighted by Gasteiger charge is -2.19. The van der Waals surface area contributed by atoms with Crippen LogP contribution in [0.5, 0.6) is 5.75 Å². The molecule has 2 aromatic carbocycles. The zero-order chi connectivity index (χ0) is 16.7. The number of nitrogens with one attached hydrogen (secondary N) is 1. The largest absolute Gasteiger partial charge is 0.496 e. The molecule has 0 spiro atoms. The zero-order valence-electron chi connectivity index (χ0n) is 13.4. The van der Waals surface area contributed by atoms with Crippen molar-refractivity contribution < 1.29 is 9.53 Å². The van der Waals surface area contributed by atoms with Crippen LogP contribution in [0.4, 0.5) is 5.69 Å². The second-order valence-corrected chi connectivity index (χ2v) is 6.33. The van der Waals surface area contributed by atoms with Crippen LogP contribution in [-0.2, 0) is 11.2 Å². The van der Waals surface area contributed by atoms with Gasteiger partial charge in [-0.25, -0.2) is 0 Å². The van der Waals surface area contributed by atoms with E-state index in [0.29, 0.717) is 0 Å². The van der Waals surface area contributed by atoms with E-state index in [9.17, 15) is 4.79 Å². The Kier molecular flexibility index (Phi) is 6.35. The fraction of sp³-hybridized carbons (Fsp3) is 0.278. The van der Waals surface area contributed by atoms with Gasteiger partial charge in [0.25, 0.3) is 0 Å². The first-order valence-corrected chi connectivity index (χ1v) is 8.47. The SMILES string of the molecule is COc1ccccc1CC(C)Nc1ccccc1SCC(N)=O. The molecule has 4 nitrogen and oxygen atoms in total. The number of primary amides is 1. The number of ether oxygens (including phenoxy) is 1. The molecule has 122 valence electrons. The van der Waals surface area contributed by atoms with E-state index in [4.69, 9.17) is 10.5 Å². The molecule has 0 saturated carbocycles. The molecule has 0 aliphatic carbocycles. The van der Waals surface area contributed by atoms with Crippen LogP contribution in [0.3, 0.4) is 0 Å². The maximum atomic E-state index is 11.0. The molecule has 0 saturated heterocycles. The summed E-state index contributed by atoms with van der Waals surface area (Å²) in [5, 5.41) is 3.51. The third kappa shape index (κ3) is 5.21. The minimum absolute atomic E-state index is 0.224. The van der Waals surface area contributed by atoms with Crippen LogP contribution in [-0.4, -0.2) is 24.8 Å². The molecule has 0 aliphatic heterocycles. The molecule has 2 aromatic rings. The number of methoxy groups -OCH3 is 1. The van der Waals surface area contributed by atoms with Crippen molar-refractivity contribution in [2.75, 3.05) is 18.2 Å². The fourth-order valence-corrected chi connectivity index (χ4v) is 3.13. The standard InChI is InChI=1S/C18H22N2O2S/c1-13(11-14-7-3-5-9-16(14)22-2)20-15-8-4-6-10-17(15)23-12-18(19)21/h3-10,13,20H,11-12H2,1-2H3,(H2,19,21). The summed E-state index contributed by atoms with van der Waals surface area (Å²) < 4.78 is 5.40. The van der Waals surface area contributed by atoms with Gasteiger partial charge in [0, 0.05) is 16.6 Å². The van der Waals surface area contributed by atoms with Gasteiger partial charge in [0.1, 0.15) is 5.75 Å². The van der Waals surface area contributed by atoms with Gasteiger partial charge in [0.05, 0.1) is 12.9 Å². The average Bonchev–Trinajstić information content (AvgIpc) is 2.54. The second kappa shape index (κ2) is 8.48. The van der Waals surface area contributed by atoms with Crippen molar-refractivity contribution >= 4 is 23.4 Å². The van der Waals surface area contributed by atoms with Crippen LogP contribution in [0.15, 0.2) is 53.4 Å². The Labute approximate surface area is 141 Å². The van der Waals surface area contributed by atoms with Crippen LogP contribution in [0.25, 0.3) is 0 Å². The zero-order valence-corrected chi connectivity index (χ0v) is 14.2. The molecule has 1 atom stereocenters. The smallest absolute Gasteiger partial charge is 0.227 e. The average molecular weight is 330 g/mol. The minimum Gasteiger partial charge on any atom is -0.496 e. The van der Waals surface area contributed by atoms with Crippen LogP contribution in [0.2, 0.25) is 0 Å². The Morgan fingerprint density at radius 2 is 1.91 bits per heavy atom. The van der Waals surface area contributed by atoms with Crippen molar-refractivity contribution in [3.8, 4) is 5.75 Å². The molecule has 1 amide bonds. The molecule has 0 radical (unpaired) electrons. The molecular weight excluding hydrogens is 308 g/mol. The number of carbonyl (C=O) groups excluding carboxylic acids is 1. The van der Waals surface area contributed by atoms with E-state index in [1.807, 2.05) is 42.5 Å². The predicted molar refractivity (Wildman–Crippen MR) is 96.1 cm³/mol.